The van der Waals surface area contributed by atoms with Crippen molar-refractivity contribution < 1.29 is 9.53 Å². The first-order chi connectivity index (χ1) is 12.7. The molecule has 1 aliphatic carbocycles. The molecule has 0 bridgehead atoms. The van der Waals surface area contributed by atoms with E-state index in [2.05, 4.69) is 4.98 Å². The molecule has 1 saturated heterocycles. The van der Waals surface area contributed by atoms with Crippen molar-refractivity contribution in [2.45, 2.75) is 37.7 Å². The molecule has 5 heteroatoms. The molecule has 1 spiro atoms. The Balaban J connectivity index is 1.46. The van der Waals surface area contributed by atoms with Crippen LogP contribution in [0.2, 0.25) is 0 Å². The normalized spacial score (nSPS) is 24.7. The third-order valence-electron chi connectivity index (χ3n) is 5.90. The number of nitrogens with zero attached hydrogens (tertiary/aromatic N) is 3. The number of rotatable bonds is 3. The predicted molar refractivity (Wildman–Crippen MR) is 97.3 cm³/mol. The highest BCUT2D eigenvalue weighted by molar-refractivity contribution is 5.77. The number of aromatic nitrogens is 2. The number of carbonyl (C=O) groups is 1. The van der Waals surface area contributed by atoms with Gasteiger partial charge in [-0.05, 0) is 25.2 Å². The first-order valence-corrected chi connectivity index (χ1v) is 9.51. The SMILES string of the molecule is O=C(CC1CC1)N1CCC2(COCc3cnc(-c4ccccc4)nc32)C1. The largest absolute Gasteiger partial charge is 0.376 e. The molecule has 5 rings (SSSR count). The van der Waals surface area contributed by atoms with Crippen LogP contribution in [-0.4, -0.2) is 40.5 Å². The minimum atomic E-state index is -0.181. The van der Waals surface area contributed by atoms with Crippen molar-refractivity contribution in [3.05, 3.63) is 47.8 Å². The average molecular weight is 349 g/mol. The standard InChI is InChI=1S/C21H23N3O2/c25-18(10-15-6-7-15)24-9-8-21(13-24)14-26-12-17-11-22-20(23-19(17)21)16-4-2-1-3-5-16/h1-5,11,15H,6-10,12-14H2. The van der Waals surface area contributed by atoms with Crippen LogP contribution in [0.15, 0.2) is 36.5 Å². The quantitative estimate of drug-likeness (QED) is 0.855. The maximum absolute atomic E-state index is 12.6. The van der Waals surface area contributed by atoms with Crippen molar-refractivity contribution in [1.82, 2.24) is 14.9 Å². The summed E-state index contributed by atoms with van der Waals surface area (Å²) in [5.74, 6) is 1.68. The molecule has 1 atom stereocenters. The monoisotopic (exact) mass is 349 g/mol. The van der Waals surface area contributed by atoms with Crippen LogP contribution in [0.1, 0.15) is 36.9 Å². The lowest BCUT2D eigenvalue weighted by Gasteiger charge is -2.34. The third-order valence-corrected chi connectivity index (χ3v) is 5.90. The lowest BCUT2D eigenvalue weighted by Crippen LogP contribution is -2.41. The first kappa shape index (κ1) is 15.9. The lowest BCUT2D eigenvalue weighted by atomic mass is 9.80. The number of carbonyl (C=O) groups excluding carboxylic acids is 1. The van der Waals surface area contributed by atoms with E-state index in [9.17, 15) is 4.79 Å². The van der Waals surface area contributed by atoms with Gasteiger partial charge < -0.3 is 9.64 Å². The van der Waals surface area contributed by atoms with Gasteiger partial charge in [0.1, 0.15) is 0 Å². The van der Waals surface area contributed by atoms with Gasteiger partial charge in [0.2, 0.25) is 5.91 Å². The molecule has 1 aromatic heterocycles. The Bertz CT molecular complexity index is 834. The Morgan fingerprint density at radius 1 is 1.27 bits per heavy atom. The van der Waals surface area contributed by atoms with Gasteiger partial charge in [-0.1, -0.05) is 30.3 Å². The molecule has 26 heavy (non-hydrogen) atoms. The fourth-order valence-corrected chi connectivity index (χ4v) is 4.22. The van der Waals surface area contributed by atoms with Gasteiger partial charge in [0.15, 0.2) is 5.82 Å². The average Bonchev–Trinajstić information content (AvgIpc) is 3.40. The predicted octanol–water partition coefficient (Wildman–Crippen LogP) is 2.94. The Morgan fingerprint density at radius 3 is 2.92 bits per heavy atom. The molecule has 3 heterocycles. The molecule has 2 aliphatic heterocycles. The minimum absolute atomic E-state index is 0.181. The maximum atomic E-state index is 12.6. The van der Waals surface area contributed by atoms with E-state index in [0.717, 1.165) is 42.2 Å². The third kappa shape index (κ3) is 2.80. The fourth-order valence-electron chi connectivity index (χ4n) is 4.22. The summed E-state index contributed by atoms with van der Waals surface area (Å²) >= 11 is 0. The van der Waals surface area contributed by atoms with Crippen molar-refractivity contribution in [2.75, 3.05) is 19.7 Å². The summed E-state index contributed by atoms with van der Waals surface area (Å²) in [5, 5.41) is 0. The van der Waals surface area contributed by atoms with Crippen LogP contribution in [0, 0.1) is 5.92 Å². The second-order valence-corrected chi connectivity index (χ2v) is 7.92. The molecule has 0 radical (unpaired) electrons. The van der Waals surface area contributed by atoms with E-state index in [-0.39, 0.29) is 5.41 Å². The topological polar surface area (TPSA) is 55.3 Å². The summed E-state index contributed by atoms with van der Waals surface area (Å²) < 4.78 is 5.88. The smallest absolute Gasteiger partial charge is 0.222 e. The van der Waals surface area contributed by atoms with Crippen LogP contribution < -0.4 is 0 Å². The van der Waals surface area contributed by atoms with Gasteiger partial charge in [-0.25, -0.2) is 9.97 Å². The van der Waals surface area contributed by atoms with Gasteiger partial charge in [-0.2, -0.15) is 0 Å². The van der Waals surface area contributed by atoms with E-state index in [1.807, 2.05) is 41.4 Å². The molecular weight excluding hydrogens is 326 g/mol. The maximum Gasteiger partial charge on any atom is 0.222 e. The summed E-state index contributed by atoms with van der Waals surface area (Å²) in [5.41, 5.74) is 2.99. The molecular formula is C21H23N3O2. The van der Waals surface area contributed by atoms with Gasteiger partial charge in [-0.3, -0.25) is 4.79 Å². The number of fused-ring (bicyclic) bond motifs is 2. The highest BCUT2D eigenvalue weighted by atomic mass is 16.5. The Kier molecular flexibility index (Phi) is 3.78. The molecule has 134 valence electrons. The minimum Gasteiger partial charge on any atom is -0.376 e. The summed E-state index contributed by atoms with van der Waals surface area (Å²) in [4.78, 5) is 24.1. The molecule has 1 unspecified atom stereocenters. The number of hydrogen-bond acceptors (Lipinski definition) is 4. The molecule has 3 aliphatic rings. The Morgan fingerprint density at radius 2 is 2.12 bits per heavy atom. The van der Waals surface area contributed by atoms with Gasteiger partial charge in [-0.15, -0.1) is 0 Å². The second-order valence-electron chi connectivity index (χ2n) is 7.92. The molecule has 1 aromatic carbocycles. The zero-order valence-electron chi connectivity index (χ0n) is 14.9. The van der Waals surface area contributed by atoms with E-state index >= 15 is 0 Å². The summed E-state index contributed by atoms with van der Waals surface area (Å²) in [6.07, 6.45) is 5.96. The summed E-state index contributed by atoms with van der Waals surface area (Å²) in [6.45, 7) is 2.72. The van der Waals surface area contributed by atoms with Crippen LogP contribution in [-0.2, 0) is 21.6 Å². The number of amides is 1. The highest BCUT2D eigenvalue weighted by Gasteiger charge is 2.46. The van der Waals surface area contributed by atoms with Gasteiger partial charge in [0.25, 0.3) is 0 Å². The van der Waals surface area contributed by atoms with Crippen LogP contribution in [0.4, 0.5) is 0 Å². The van der Waals surface area contributed by atoms with Crippen molar-refractivity contribution in [3.8, 4) is 11.4 Å². The number of ether oxygens (including phenoxy) is 1. The van der Waals surface area contributed by atoms with Crippen molar-refractivity contribution in [3.63, 3.8) is 0 Å². The van der Waals surface area contributed by atoms with E-state index in [1.165, 1.54) is 12.8 Å². The van der Waals surface area contributed by atoms with Gasteiger partial charge in [0, 0.05) is 36.8 Å². The van der Waals surface area contributed by atoms with Crippen LogP contribution in [0.5, 0.6) is 0 Å². The lowest BCUT2D eigenvalue weighted by molar-refractivity contribution is -0.130. The Labute approximate surface area is 153 Å². The van der Waals surface area contributed by atoms with Gasteiger partial charge in [0.05, 0.1) is 24.3 Å². The molecule has 1 amide bonds. The summed E-state index contributed by atoms with van der Waals surface area (Å²) in [7, 11) is 0. The van der Waals surface area contributed by atoms with Gasteiger partial charge >= 0.3 is 0 Å². The van der Waals surface area contributed by atoms with Crippen LogP contribution in [0.3, 0.4) is 0 Å². The first-order valence-electron chi connectivity index (χ1n) is 9.51. The summed E-state index contributed by atoms with van der Waals surface area (Å²) in [6, 6.07) is 10.1. The molecule has 1 saturated carbocycles. The number of benzene rings is 1. The fraction of sp³-hybridized carbons (Fsp3) is 0.476. The van der Waals surface area contributed by atoms with E-state index in [4.69, 9.17) is 9.72 Å². The van der Waals surface area contributed by atoms with Crippen LogP contribution in [0.25, 0.3) is 11.4 Å². The molecule has 0 N–H and O–H groups in total. The Hall–Kier alpha value is -2.27. The molecule has 2 fully saturated rings. The highest BCUT2D eigenvalue weighted by Crippen LogP contribution is 2.41. The number of likely N-dealkylation sites (tertiary alicyclic amines) is 1. The zero-order chi connectivity index (χ0) is 17.6. The second kappa shape index (κ2) is 6.16. The molecule has 5 nitrogen and oxygen atoms in total. The zero-order valence-corrected chi connectivity index (χ0v) is 14.9. The number of hydrogen-bond donors (Lipinski definition) is 0. The van der Waals surface area contributed by atoms with E-state index < -0.39 is 0 Å². The van der Waals surface area contributed by atoms with Crippen LogP contribution >= 0.6 is 0 Å². The van der Waals surface area contributed by atoms with Crippen molar-refractivity contribution in [1.29, 1.82) is 0 Å². The van der Waals surface area contributed by atoms with Crippen molar-refractivity contribution >= 4 is 5.91 Å². The van der Waals surface area contributed by atoms with E-state index in [1.54, 1.807) is 0 Å². The molecule has 2 aromatic rings. The van der Waals surface area contributed by atoms with E-state index in [0.29, 0.717) is 31.5 Å². The van der Waals surface area contributed by atoms with Crippen molar-refractivity contribution in [2.24, 2.45) is 5.92 Å².